The van der Waals surface area contributed by atoms with Crippen molar-refractivity contribution in [3.05, 3.63) is 18.5 Å². The number of nitrogens with zero attached hydrogens (tertiary/aromatic N) is 2. The van der Waals surface area contributed by atoms with E-state index >= 15 is 0 Å². The molecule has 1 heterocycles. The molecule has 1 aromatic rings. The molecule has 2 saturated carbocycles. The molecule has 2 atom stereocenters. The Morgan fingerprint density at radius 1 is 1.41 bits per heavy atom. The van der Waals surface area contributed by atoms with E-state index in [2.05, 4.69) is 4.98 Å². The second-order valence-corrected chi connectivity index (χ2v) is 5.26. The lowest BCUT2D eigenvalue weighted by Crippen LogP contribution is -2.32. The molecule has 0 bridgehead atoms. The van der Waals surface area contributed by atoms with Gasteiger partial charge in [-0.2, -0.15) is 0 Å². The fourth-order valence-electron chi connectivity index (χ4n) is 3.01. The van der Waals surface area contributed by atoms with E-state index in [-0.39, 0.29) is 11.8 Å². The zero-order valence-corrected chi connectivity index (χ0v) is 9.97. The molecular formula is C13H17N3O. The maximum atomic E-state index is 12.3. The Kier molecular flexibility index (Phi) is 2.31. The maximum Gasteiger partial charge on any atom is 0.229 e. The quantitative estimate of drug-likeness (QED) is 0.842. The van der Waals surface area contributed by atoms with Crippen LogP contribution in [0.3, 0.4) is 0 Å². The molecule has 0 aliphatic heterocycles. The van der Waals surface area contributed by atoms with Crippen LogP contribution < -0.4 is 10.6 Å². The van der Waals surface area contributed by atoms with Crippen LogP contribution in [-0.4, -0.2) is 17.9 Å². The molecule has 2 unspecified atom stereocenters. The van der Waals surface area contributed by atoms with Crippen LogP contribution >= 0.6 is 0 Å². The van der Waals surface area contributed by atoms with E-state index in [0.29, 0.717) is 5.69 Å². The van der Waals surface area contributed by atoms with Crippen molar-refractivity contribution < 1.29 is 4.79 Å². The van der Waals surface area contributed by atoms with E-state index in [1.165, 1.54) is 6.42 Å². The van der Waals surface area contributed by atoms with Crippen molar-refractivity contribution in [1.82, 2.24) is 4.98 Å². The smallest absolute Gasteiger partial charge is 0.229 e. The topological polar surface area (TPSA) is 59.2 Å². The monoisotopic (exact) mass is 231 g/mol. The Morgan fingerprint density at radius 2 is 2.12 bits per heavy atom. The van der Waals surface area contributed by atoms with Crippen LogP contribution in [0, 0.1) is 17.8 Å². The van der Waals surface area contributed by atoms with Crippen LogP contribution in [0.2, 0.25) is 0 Å². The van der Waals surface area contributed by atoms with Gasteiger partial charge in [0.2, 0.25) is 5.91 Å². The predicted molar refractivity (Wildman–Crippen MR) is 66.4 cm³/mol. The van der Waals surface area contributed by atoms with Crippen molar-refractivity contribution in [1.29, 1.82) is 0 Å². The average Bonchev–Trinajstić information content (AvgIpc) is 2.95. The molecule has 0 saturated heterocycles. The average molecular weight is 231 g/mol. The van der Waals surface area contributed by atoms with Gasteiger partial charge in [-0.25, -0.2) is 0 Å². The van der Waals surface area contributed by atoms with E-state index in [1.807, 2.05) is 0 Å². The van der Waals surface area contributed by atoms with Crippen molar-refractivity contribution in [2.24, 2.45) is 17.8 Å². The molecule has 2 fully saturated rings. The normalized spacial score (nSPS) is 29.8. The highest BCUT2D eigenvalue weighted by atomic mass is 16.2. The highest BCUT2D eigenvalue weighted by Crippen LogP contribution is 2.54. The van der Waals surface area contributed by atoms with Gasteiger partial charge in [-0.15, -0.1) is 0 Å². The molecule has 3 rings (SSSR count). The van der Waals surface area contributed by atoms with Crippen LogP contribution in [-0.2, 0) is 4.79 Å². The number of aromatic nitrogens is 1. The zero-order chi connectivity index (χ0) is 12.0. The van der Waals surface area contributed by atoms with Gasteiger partial charge in [-0.1, -0.05) is 0 Å². The number of fused-ring (bicyclic) bond motifs is 1. The molecule has 4 nitrogen and oxygen atoms in total. The largest absolute Gasteiger partial charge is 0.396 e. The summed E-state index contributed by atoms with van der Waals surface area (Å²) in [7, 11) is 1.80. The molecule has 17 heavy (non-hydrogen) atoms. The summed E-state index contributed by atoms with van der Waals surface area (Å²) < 4.78 is 0. The van der Waals surface area contributed by atoms with Gasteiger partial charge in [0.25, 0.3) is 0 Å². The van der Waals surface area contributed by atoms with Gasteiger partial charge < -0.3 is 10.6 Å². The van der Waals surface area contributed by atoms with E-state index < -0.39 is 0 Å². The summed E-state index contributed by atoms with van der Waals surface area (Å²) >= 11 is 0. The summed E-state index contributed by atoms with van der Waals surface area (Å²) in [5.41, 5.74) is 7.17. The minimum atomic E-state index is 0.204. The number of hydrogen-bond donors (Lipinski definition) is 1. The summed E-state index contributed by atoms with van der Waals surface area (Å²) in [6.07, 6.45) is 6.73. The van der Waals surface area contributed by atoms with E-state index in [0.717, 1.165) is 30.4 Å². The third-order valence-corrected chi connectivity index (χ3v) is 4.11. The number of hydrogen-bond acceptors (Lipinski definition) is 3. The first-order chi connectivity index (χ1) is 8.16. The first-order valence-corrected chi connectivity index (χ1v) is 6.14. The van der Waals surface area contributed by atoms with Crippen molar-refractivity contribution in [3.63, 3.8) is 0 Å². The van der Waals surface area contributed by atoms with Crippen LogP contribution in [0.25, 0.3) is 0 Å². The SMILES string of the molecule is CN(C(=O)C1CC2CC2C1)c1ccncc1N. The second kappa shape index (κ2) is 3.72. The molecule has 1 aromatic heterocycles. The summed E-state index contributed by atoms with van der Waals surface area (Å²) in [5, 5.41) is 0. The van der Waals surface area contributed by atoms with Gasteiger partial charge in [-0.05, 0) is 37.2 Å². The Morgan fingerprint density at radius 3 is 2.76 bits per heavy atom. The summed E-state index contributed by atoms with van der Waals surface area (Å²) in [4.78, 5) is 17.9. The van der Waals surface area contributed by atoms with Gasteiger partial charge in [0, 0.05) is 19.2 Å². The van der Waals surface area contributed by atoms with Crippen LogP contribution in [0.15, 0.2) is 18.5 Å². The number of anilines is 2. The zero-order valence-electron chi connectivity index (χ0n) is 9.97. The Labute approximate surface area is 101 Å². The summed E-state index contributed by atoms with van der Waals surface area (Å²) in [6.45, 7) is 0. The molecule has 0 spiro atoms. The van der Waals surface area contributed by atoms with E-state index in [9.17, 15) is 4.79 Å². The molecule has 2 aliphatic carbocycles. The van der Waals surface area contributed by atoms with Gasteiger partial charge in [0.15, 0.2) is 0 Å². The molecule has 2 aliphatic rings. The van der Waals surface area contributed by atoms with Crippen LogP contribution in [0.1, 0.15) is 19.3 Å². The number of pyridine rings is 1. The molecule has 90 valence electrons. The second-order valence-electron chi connectivity index (χ2n) is 5.26. The summed E-state index contributed by atoms with van der Waals surface area (Å²) in [6, 6.07) is 1.79. The highest BCUT2D eigenvalue weighted by Gasteiger charge is 2.48. The molecule has 0 aromatic carbocycles. The van der Waals surface area contributed by atoms with Crippen LogP contribution in [0.5, 0.6) is 0 Å². The Balaban J connectivity index is 1.75. The number of rotatable bonds is 2. The Bertz CT molecular complexity index is 450. The number of amides is 1. The van der Waals surface area contributed by atoms with Gasteiger partial charge in [0.1, 0.15) is 0 Å². The molecule has 2 N–H and O–H groups in total. The standard InChI is InChI=1S/C13H17N3O/c1-16(12-2-3-15-7-11(12)14)13(17)10-5-8-4-9(8)6-10/h2-3,7-10H,4-6,14H2,1H3. The van der Waals surface area contributed by atoms with Crippen molar-refractivity contribution >= 4 is 17.3 Å². The van der Waals surface area contributed by atoms with Crippen molar-refractivity contribution in [3.8, 4) is 0 Å². The number of carbonyl (C=O) groups excluding carboxylic acids is 1. The van der Waals surface area contributed by atoms with Crippen molar-refractivity contribution in [2.45, 2.75) is 19.3 Å². The predicted octanol–water partition coefficient (Wildman–Crippen LogP) is 1.67. The minimum absolute atomic E-state index is 0.204. The lowest BCUT2D eigenvalue weighted by molar-refractivity contribution is -0.122. The first kappa shape index (κ1) is 10.6. The number of nitrogens with two attached hydrogens (primary N) is 1. The van der Waals surface area contributed by atoms with E-state index in [4.69, 9.17) is 5.73 Å². The lowest BCUT2D eigenvalue weighted by atomic mass is 10.0. The van der Waals surface area contributed by atoms with Gasteiger partial charge in [0.05, 0.1) is 17.6 Å². The van der Waals surface area contributed by atoms with Crippen LogP contribution in [0.4, 0.5) is 11.4 Å². The van der Waals surface area contributed by atoms with E-state index in [1.54, 1.807) is 30.4 Å². The maximum absolute atomic E-state index is 12.3. The molecular weight excluding hydrogens is 214 g/mol. The fourth-order valence-corrected chi connectivity index (χ4v) is 3.01. The van der Waals surface area contributed by atoms with Gasteiger partial charge in [-0.3, -0.25) is 9.78 Å². The van der Waals surface area contributed by atoms with Crippen molar-refractivity contribution in [2.75, 3.05) is 17.7 Å². The fraction of sp³-hybridized carbons (Fsp3) is 0.538. The molecule has 4 heteroatoms. The third-order valence-electron chi connectivity index (χ3n) is 4.11. The Hall–Kier alpha value is -1.58. The number of nitrogen functional groups attached to an aromatic ring is 1. The van der Waals surface area contributed by atoms with Gasteiger partial charge >= 0.3 is 0 Å². The third kappa shape index (κ3) is 1.77. The number of carbonyl (C=O) groups is 1. The molecule has 0 radical (unpaired) electrons. The summed E-state index contributed by atoms with van der Waals surface area (Å²) in [5.74, 6) is 2.06. The lowest BCUT2D eigenvalue weighted by Gasteiger charge is -2.22. The minimum Gasteiger partial charge on any atom is -0.396 e. The molecule has 1 amide bonds. The highest BCUT2D eigenvalue weighted by molar-refractivity contribution is 5.97. The first-order valence-electron chi connectivity index (χ1n) is 6.14.